The summed E-state index contributed by atoms with van der Waals surface area (Å²) in [5.41, 5.74) is 9.68. The Bertz CT molecular complexity index is 744. The molecule has 0 amide bonds. The third-order valence-electron chi connectivity index (χ3n) is 4.54. The Labute approximate surface area is 167 Å². The van der Waals surface area contributed by atoms with Crippen molar-refractivity contribution in [2.75, 3.05) is 0 Å². The lowest BCUT2D eigenvalue weighted by molar-refractivity contribution is 1.11. The maximum absolute atomic E-state index is 2.19. The molecule has 0 fully saturated rings. The van der Waals surface area contributed by atoms with Gasteiger partial charge < -0.3 is 0 Å². The number of hydrogen-bond donors (Lipinski definition) is 0. The number of hydrogen-bond acceptors (Lipinski definition) is 0. The van der Waals surface area contributed by atoms with E-state index in [1.54, 1.807) is 0 Å². The van der Waals surface area contributed by atoms with Crippen molar-refractivity contribution in [2.24, 2.45) is 0 Å². The summed E-state index contributed by atoms with van der Waals surface area (Å²) in [6.45, 7) is 15.0. The first kappa shape index (κ1) is 22.7. The molecular formula is C27H36. The Kier molecular flexibility index (Phi) is 10.2. The lowest BCUT2D eigenvalue weighted by Crippen LogP contribution is -1.82. The fourth-order valence-electron chi connectivity index (χ4n) is 3.03. The van der Waals surface area contributed by atoms with E-state index in [1.807, 2.05) is 0 Å². The van der Waals surface area contributed by atoms with Crippen molar-refractivity contribution < 1.29 is 0 Å². The van der Waals surface area contributed by atoms with Gasteiger partial charge in [0.2, 0.25) is 0 Å². The van der Waals surface area contributed by atoms with E-state index < -0.39 is 0 Å². The predicted molar refractivity (Wildman–Crippen MR) is 122 cm³/mol. The van der Waals surface area contributed by atoms with Crippen molar-refractivity contribution in [3.63, 3.8) is 0 Å². The van der Waals surface area contributed by atoms with Gasteiger partial charge in [-0.3, -0.25) is 0 Å². The van der Waals surface area contributed by atoms with Gasteiger partial charge in [0.15, 0.2) is 0 Å². The average molecular weight is 361 g/mol. The van der Waals surface area contributed by atoms with E-state index in [4.69, 9.17) is 0 Å². The topological polar surface area (TPSA) is 0 Å². The van der Waals surface area contributed by atoms with Gasteiger partial charge in [-0.25, -0.2) is 0 Å². The Balaban J connectivity index is 0.000000202. The monoisotopic (exact) mass is 360 g/mol. The van der Waals surface area contributed by atoms with Gasteiger partial charge in [0.25, 0.3) is 0 Å². The Morgan fingerprint density at radius 1 is 0.519 bits per heavy atom. The highest BCUT2D eigenvalue weighted by molar-refractivity contribution is 5.27. The van der Waals surface area contributed by atoms with E-state index in [0.29, 0.717) is 0 Å². The van der Waals surface area contributed by atoms with Gasteiger partial charge >= 0.3 is 0 Å². The first-order valence-corrected chi connectivity index (χ1v) is 10.0. The number of benzene rings is 3. The zero-order chi connectivity index (χ0) is 20.2. The van der Waals surface area contributed by atoms with Crippen molar-refractivity contribution in [2.45, 2.75) is 61.3 Å². The third-order valence-corrected chi connectivity index (χ3v) is 4.54. The molecule has 0 aliphatic rings. The highest BCUT2D eigenvalue weighted by Crippen LogP contribution is 2.07. The summed E-state index contributed by atoms with van der Waals surface area (Å²) in [6, 6.07) is 23.7. The van der Waals surface area contributed by atoms with Crippen molar-refractivity contribution >= 4 is 0 Å². The molecule has 0 nitrogen and oxygen atoms in total. The molecule has 0 saturated carbocycles. The molecule has 0 bridgehead atoms. The van der Waals surface area contributed by atoms with Crippen LogP contribution < -0.4 is 0 Å². The van der Waals surface area contributed by atoms with Crippen LogP contribution in [0, 0.1) is 34.6 Å². The highest BCUT2D eigenvalue weighted by atomic mass is 14.0. The fraction of sp³-hybridized carbons (Fsp3) is 0.333. The summed E-state index contributed by atoms with van der Waals surface area (Å²) >= 11 is 0. The summed E-state index contributed by atoms with van der Waals surface area (Å²) < 4.78 is 0. The second kappa shape index (κ2) is 12.1. The van der Waals surface area contributed by atoms with Gasteiger partial charge in [-0.05, 0) is 64.2 Å². The van der Waals surface area contributed by atoms with Crippen LogP contribution in [-0.2, 0) is 12.8 Å². The normalized spacial score (nSPS) is 9.59. The molecule has 0 atom stereocenters. The van der Waals surface area contributed by atoms with Gasteiger partial charge in [-0.15, -0.1) is 0 Å². The smallest absolute Gasteiger partial charge is 0.0305 e. The van der Waals surface area contributed by atoms with Crippen LogP contribution in [0.4, 0.5) is 0 Å². The second-order valence-electron chi connectivity index (χ2n) is 7.28. The third kappa shape index (κ3) is 9.24. The van der Waals surface area contributed by atoms with Gasteiger partial charge in [0, 0.05) is 0 Å². The first-order valence-electron chi connectivity index (χ1n) is 10.0. The molecule has 0 heteroatoms. The quantitative estimate of drug-likeness (QED) is 0.438. The second-order valence-corrected chi connectivity index (χ2v) is 7.28. The lowest BCUT2D eigenvalue weighted by Gasteiger charge is -1.98. The summed E-state index contributed by atoms with van der Waals surface area (Å²) in [4.78, 5) is 0. The minimum absolute atomic E-state index is 1.14. The molecule has 3 rings (SSSR count). The molecule has 0 unspecified atom stereocenters. The van der Waals surface area contributed by atoms with E-state index in [-0.39, 0.29) is 0 Å². The molecule has 0 heterocycles. The van der Waals surface area contributed by atoms with Crippen LogP contribution in [0.15, 0.2) is 66.7 Å². The Morgan fingerprint density at radius 2 is 1.00 bits per heavy atom. The van der Waals surface area contributed by atoms with Crippen molar-refractivity contribution in [1.82, 2.24) is 0 Å². The van der Waals surface area contributed by atoms with Gasteiger partial charge in [0.05, 0.1) is 0 Å². The molecular weight excluding hydrogens is 324 g/mol. The lowest BCUT2D eigenvalue weighted by atomic mass is 10.1. The Hall–Kier alpha value is -2.34. The van der Waals surface area contributed by atoms with E-state index in [1.165, 1.54) is 38.9 Å². The predicted octanol–water partition coefficient (Wildman–Crippen LogP) is 7.73. The van der Waals surface area contributed by atoms with Crippen LogP contribution in [0.1, 0.15) is 52.8 Å². The molecule has 0 spiro atoms. The van der Waals surface area contributed by atoms with E-state index in [0.717, 1.165) is 12.8 Å². The Morgan fingerprint density at radius 3 is 1.37 bits per heavy atom. The van der Waals surface area contributed by atoms with E-state index in [9.17, 15) is 0 Å². The minimum atomic E-state index is 1.14. The van der Waals surface area contributed by atoms with Crippen LogP contribution in [0.5, 0.6) is 0 Å². The van der Waals surface area contributed by atoms with E-state index >= 15 is 0 Å². The van der Waals surface area contributed by atoms with Gasteiger partial charge in [-0.2, -0.15) is 0 Å². The minimum Gasteiger partial charge on any atom is -0.0620 e. The van der Waals surface area contributed by atoms with Crippen molar-refractivity contribution in [3.8, 4) is 0 Å². The van der Waals surface area contributed by atoms with Crippen LogP contribution in [0.3, 0.4) is 0 Å². The fourth-order valence-corrected chi connectivity index (χ4v) is 3.03. The molecule has 0 aliphatic carbocycles. The van der Waals surface area contributed by atoms with Crippen LogP contribution in [-0.4, -0.2) is 0 Å². The molecule has 0 aliphatic heterocycles. The molecule has 0 N–H and O–H groups in total. The maximum atomic E-state index is 2.19. The number of aryl methyl sites for hydroxylation is 7. The number of rotatable bonds is 2. The van der Waals surface area contributed by atoms with E-state index in [2.05, 4.69) is 115 Å². The molecule has 0 saturated heterocycles. The highest BCUT2D eigenvalue weighted by Gasteiger charge is 1.89. The van der Waals surface area contributed by atoms with Gasteiger partial charge in [0.1, 0.15) is 0 Å². The van der Waals surface area contributed by atoms with Crippen LogP contribution in [0.2, 0.25) is 0 Å². The van der Waals surface area contributed by atoms with Crippen molar-refractivity contribution in [1.29, 1.82) is 0 Å². The summed E-state index contributed by atoms with van der Waals surface area (Å²) in [5, 5.41) is 0. The molecule has 3 aromatic rings. The average Bonchev–Trinajstić information content (AvgIpc) is 2.63. The maximum Gasteiger partial charge on any atom is -0.0305 e. The molecule has 144 valence electrons. The van der Waals surface area contributed by atoms with Gasteiger partial charge in [-0.1, -0.05) is 103 Å². The molecule has 0 aromatic heterocycles. The zero-order valence-electron chi connectivity index (χ0n) is 18.3. The largest absolute Gasteiger partial charge is 0.0620 e. The molecule has 27 heavy (non-hydrogen) atoms. The van der Waals surface area contributed by atoms with Crippen LogP contribution in [0.25, 0.3) is 0 Å². The summed E-state index contributed by atoms with van der Waals surface area (Å²) in [6.07, 6.45) is 2.28. The first-order chi connectivity index (χ1) is 12.8. The summed E-state index contributed by atoms with van der Waals surface area (Å²) in [5.74, 6) is 0. The molecule has 3 aromatic carbocycles. The summed E-state index contributed by atoms with van der Waals surface area (Å²) in [7, 11) is 0. The van der Waals surface area contributed by atoms with Crippen molar-refractivity contribution in [3.05, 3.63) is 106 Å². The standard InChI is InChI=1S/3C9H12/c1-7-4-8(2)6-9(3)5-7;1-3-9-6-4-8(2)5-7-9;1-3-9-7-5-4-6-8(9)2/h4-6H,1-3H3;2*4-7H,3H2,1-2H3. The molecule has 0 radical (unpaired) electrons. The zero-order valence-corrected chi connectivity index (χ0v) is 18.3. The SMILES string of the molecule is CCc1ccc(C)cc1.CCc1ccccc1C.Cc1cc(C)cc(C)c1. The van der Waals surface area contributed by atoms with Crippen LogP contribution >= 0.6 is 0 Å².